The third kappa shape index (κ3) is 4.57. The summed E-state index contributed by atoms with van der Waals surface area (Å²) in [5, 5.41) is 2.89. The van der Waals surface area contributed by atoms with Crippen molar-refractivity contribution in [1.29, 1.82) is 0 Å². The fourth-order valence-corrected chi connectivity index (χ4v) is 5.26. The summed E-state index contributed by atoms with van der Waals surface area (Å²) in [6, 6.07) is 11.3. The Kier molecular flexibility index (Phi) is 5.97. The van der Waals surface area contributed by atoms with Gasteiger partial charge in [-0.25, -0.2) is 8.42 Å². The van der Waals surface area contributed by atoms with Gasteiger partial charge in [0.1, 0.15) is 13.2 Å². The molecule has 2 aromatic rings. The number of nitrogens with zero attached hydrogens (tertiary/aromatic N) is 1. The van der Waals surface area contributed by atoms with Gasteiger partial charge in [-0.05, 0) is 44.0 Å². The molecule has 1 fully saturated rings. The standard InChI is InChI=1S/C22H24N2O6S/c1-15(25)17-3-2-4-19(13-17)31(27,28)24-9-7-16(8-10-24)22(26)23-18-5-6-20-21(14-18)30-12-11-29-20/h2-6,13-14,16H,7-12H2,1H3,(H,23,26). The summed E-state index contributed by atoms with van der Waals surface area (Å²) in [5.74, 6) is 0.622. The number of fused-ring (bicyclic) bond motifs is 1. The summed E-state index contributed by atoms with van der Waals surface area (Å²) in [5.41, 5.74) is 0.972. The second-order valence-corrected chi connectivity index (χ2v) is 9.55. The number of sulfonamides is 1. The Morgan fingerprint density at radius 1 is 1.00 bits per heavy atom. The van der Waals surface area contributed by atoms with Crippen LogP contribution in [0.4, 0.5) is 5.69 Å². The molecular formula is C22H24N2O6S. The molecule has 2 aliphatic heterocycles. The SMILES string of the molecule is CC(=O)c1cccc(S(=O)(=O)N2CCC(C(=O)Nc3ccc4c(c3)OCCO4)CC2)c1. The van der Waals surface area contributed by atoms with Crippen LogP contribution in [0.3, 0.4) is 0 Å². The quantitative estimate of drug-likeness (QED) is 0.712. The van der Waals surface area contributed by atoms with Crippen molar-refractivity contribution in [3.63, 3.8) is 0 Å². The normalized spacial score (nSPS) is 17.2. The van der Waals surface area contributed by atoms with Gasteiger partial charge in [0.2, 0.25) is 15.9 Å². The van der Waals surface area contributed by atoms with E-state index in [0.29, 0.717) is 48.8 Å². The average Bonchev–Trinajstić information content (AvgIpc) is 2.79. The van der Waals surface area contributed by atoms with Gasteiger partial charge >= 0.3 is 0 Å². The number of ketones is 1. The van der Waals surface area contributed by atoms with Gasteiger partial charge in [-0.15, -0.1) is 0 Å². The summed E-state index contributed by atoms with van der Waals surface area (Å²) >= 11 is 0. The van der Waals surface area contributed by atoms with E-state index in [1.54, 1.807) is 30.3 Å². The first-order valence-corrected chi connectivity index (χ1v) is 11.6. The number of anilines is 1. The molecular weight excluding hydrogens is 420 g/mol. The molecule has 0 radical (unpaired) electrons. The van der Waals surface area contributed by atoms with Crippen LogP contribution < -0.4 is 14.8 Å². The number of benzene rings is 2. The van der Waals surface area contributed by atoms with Crippen LogP contribution in [0.5, 0.6) is 11.5 Å². The smallest absolute Gasteiger partial charge is 0.243 e. The topological polar surface area (TPSA) is 102 Å². The molecule has 1 saturated heterocycles. The summed E-state index contributed by atoms with van der Waals surface area (Å²) in [4.78, 5) is 24.4. The van der Waals surface area contributed by atoms with Crippen LogP contribution in [0.25, 0.3) is 0 Å². The third-order valence-corrected chi connectivity index (χ3v) is 7.41. The number of nitrogens with one attached hydrogen (secondary N) is 1. The van der Waals surface area contributed by atoms with Gasteiger partial charge in [-0.2, -0.15) is 4.31 Å². The number of carbonyl (C=O) groups is 2. The number of ether oxygens (including phenoxy) is 2. The van der Waals surface area contributed by atoms with E-state index < -0.39 is 10.0 Å². The minimum atomic E-state index is -3.72. The minimum Gasteiger partial charge on any atom is -0.486 e. The molecule has 4 rings (SSSR count). The zero-order valence-corrected chi connectivity index (χ0v) is 18.0. The predicted molar refractivity (Wildman–Crippen MR) is 114 cm³/mol. The lowest BCUT2D eigenvalue weighted by Gasteiger charge is -2.30. The highest BCUT2D eigenvalue weighted by Gasteiger charge is 2.32. The maximum Gasteiger partial charge on any atom is 0.243 e. The first-order valence-electron chi connectivity index (χ1n) is 10.2. The fourth-order valence-electron chi connectivity index (χ4n) is 3.75. The van der Waals surface area contributed by atoms with E-state index in [9.17, 15) is 18.0 Å². The van der Waals surface area contributed by atoms with Crippen molar-refractivity contribution < 1.29 is 27.5 Å². The lowest BCUT2D eigenvalue weighted by atomic mass is 9.97. The molecule has 2 heterocycles. The molecule has 2 aromatic carbocycles. The number of hydrogen-bond donors (Lipinski definition) is 1. The predicted octanol–water partition coefficient (Wildman–Crippen LogP) is 2.70. The molecule has 0 saturated carbocycles. The van der Waals surface area contributed by atoms with Gasteiger partial charge in [-0.1, -0.05) is 12.1 Å². The van der Waals surface area contributed by atoms with Gasteiger partial charge in [0, 0.05) is 36.3 Å². The molecule has 1 amide bonds. The highest BCUT2D eigenvalue weighted by molar-refractivity contribution is 7.89. The largest absolute Gasteiger partial charge is 0.486 e. The van der Waals surface area contributed by atoms with Crippen molar-refractivity contribution in [2.75, 3.05) is 31.6 Å². The number of carbonyl (C=O) groups excluding carboxylic acids is 2. The average molecular weight is 445 g/mol. The van der Waals surface area contributed by atoms with E-state index >= 15 is 0 Å². The van der Waals surface area contributed by atoms with E-state index in [4.69, 9.17) is 9.47 Å². The minimum absolute atomic E-state index is 0.0966. The third-order valence-electron chi connectivity index (χ3n) is 5.51. The van der Waals surface area contributed by atoms with Crippen LogP contribution in [-0.2, 0) is 14.8 Å². The first-order chi connectivity index (χ1) is 14.8. The molecule has 0 atom stereocenters. The monoisotopic (exact) mass is 444 g/mol. The molecule has 31 heavy (non-hydrogen) atoms. The number of Topliss-reactive ketones (excluding diaryl/α,β-unsaturated/α-hetero) is 1. The Morgan fingerprint density at radius 2 is 1.71 bits per heavy atom. The Morgan fingerprint density at radius 3 is 2.42 bits per heavy atom. The molecule has 0 bridgehead atoms. The Bertz CT molecular complexity index is 1110. The van der Waals surface area contributed by atoms with Crippen molar-refractivity contribution in [1.82, 2.24) is 4.31 Å². The van der Waals surface area contributed by atoms with E-state index in [-0.39, 0.29) is 35.6 Å². The number of hydrogen-bond acceptors (Lipinski definition) is 6. The maximum absolute atomic E-state index is 13.0. The lowest BCUT2D eigenvalue weighted by Crippen LogP contribution is -2.41. The van der Waals surface area contributed by atoms with Crippen LogP contribution in [0, 0.1) is 5.92 Å². The number of rotatable bonds is 5. The van der Waals surface area contributed by atoms with Crippen molar-refractivity contribution in [2.24, 2.45) is 5.92 Å². The van der Waals surface area contributed by atoms with E-state index in [1.165, 1.54) is 23.4 Å². The Labute approximate surface area is 181 Å². The first kappa shape index (κ1) is 21.3. The molecule has 164 valence electrons. The maximum atomic E-state index is 13.0. The Balaban J connectivity index is 1.38. The number of amides is 1. The molecule has 0 spiro atoms. The molecule has 0 unspecified atom stereocenters. The molecule has 0 aromatic heterocycles. The molecule has 8 nitrogen and oxygen atoms in total. The molecule has 1 N–H and O–H groups in total. The van der Waals surface area contributed by atoms with Crippen molar-refractivity contribution in [3.8, 4) is 11.5 Å². The molecule has 0 aliphatic carbocycles. The van der Waals surface area contributed by atoms with Crippen LogP contribution in [0.2, 0.25) is 0 Å². The highest BCUT2D eigenvalue weighted by atomic mass is 32.2. The molecule has 9 heteroatoms. The van der Waals surface area contributed by atoms with E-state index in [0.717, 1.165) is 0 Å². The van der Waals surface area contributed by atoms with Gasteiger partial charge in [0.25, 0.3) is 0 Å². The van der Waals surface area contributed by atoms with Crippen molar-refractivity contribution in [2.45, 2.75) is 24.7 Å². The van der Waals surface area contributed by atoms with Gasteiger partial charge in [0.15, 0.2) is 17.3 Å². The van der Waals surface area contributed by atoms with Gasteiger partial charge in [0.05, 0.1) is 4.90 Å². The lowest BCUT2D eigenvalue weighted by molar-refractivity contribution is -0.120. The second-order valence-electron chi connectivity index (χ2n) is 7.61. The summed E-state index contributed by atoms with van der Waals surface area (Å²) in [6.45, 7) is 2.85. The highest BCUT2D eigenvalue weighted by Crippen LogP contribution is 2.33. The van der Waals surface area contributed by atoms with Crippen LogP contribution in [0.15, 0.2) is 47.4 Å². The van der Waals surface area contributed by atoms with Crippen LogP contribution in [-0.4, -0.2) is 50.7 Å². The van der Waals surface area contributed by atoms with E-state index in [1.807, 2.05) is 0 Å². The van der Waals surface area contributed by atoms with E-state index in [2.05, 4.69) is 5.32 Å². The zero-order valence-electron chi connectivity index (χ0n) is 17.2. The van der Waals surface area contributed by atoms with Gasteiger partial charge in [-0.3, -0.25) is 9.59 Å². The van der Waals surface area contributed by atoms with Crippen molar-refractivity contribution in [3.05, 3.63) is 48.0 Å². The number of piperidine rings is 1. The summed E-state index contributed by atoms with van der Waals surface area (Å²) < 4.78 is 38.3. The zero-order chi connectivity index (χ0) is 22.0. The Hall–Kier alpha value is -2.91. The van der Waals surface area contributed by atoms with Crippen LogP contribution >= 0.6 is 0 Å². The van der Waals surface area contributed by atoms with Crippen molar-refractivity contribution >= 4 is 27.4 Å². The van der Waals surface area contributed by atoms with Crippen LogP contribution in [0.1, 0.15) is 30.1 Å². The molecule has 2 aliphatic rings. The summed E-state index contributed by atoms with van der Waals surface area (Å²) in [6.07, 6.45) is 0.837. The van der Waals surface area contributed by atoms with Gasteiger partial charge < -0.3 is 14.8 Å². The fraction of sp³-hybridized carbons (Fsp3) is 0.364. The summed E-state index contributed by atoms with van der Waals surface area (Å²) in [7, 11) is -3.72. The second kappa shape index (κ2) is 8.68.